The van der Waals surface area contributed by atoms with Gasteiger partial charge in [-0.05, 0) is 30.3 Å². The number of carboxylic acids is 1. The van der Waals surface area contributed by atoms with E-state index in [0.29, 0.717) is 10.7 Å². The van der Waals surface area contributed by atoms with E-state index in [0.717, 1.165) is 35.1 Å². The van der Waals surface area contributed by atoms with Gasteiger partial charge in [0.25, 0.3) is 10.0 Å². The molecule has 3 rings (SSSR count). The minimum Gasteiger partial charge on any atom is -0.478 e. The highest BCUT2D eigenvalue weighted by Gasteiger charge is 2.20. The minimum absolute atomic E-state index is 0.0937. The van der Waals surface area contributed by atoms with Crippen LogP contribution in [0.4, 0.5) is 9.52 Å². The van der Waals surface area contributed by atoms with Gasteiger partial charge in [-0.25, -0.2) is 22.6 Å². The van der Waals surface area contributed by atoms with E-state index in [2.05, 4.69) is 9.71 Å². The van der Waals surface area contributed by atoms with E-state index in [1.54, 1.807) is 29.6 Å². The first-order valence-corrected chi connectivity index (χ1v) is 9.77. The maximum Gasteiger partial charge on any atom is 0.338 e. The fraction of sp³-hybridized carbons (Fsp3) is 0. The molecule has 3 aromatic rings. The molecule has 6 nitrogen and oxygen atoms in total. The maximum absolute atomic E-state index is 13.4. The molecular weight excluding hydrogens is 403 g/mol. The fourth-order valence-electron chi connectivity index (χ4n) is 2.08. The second-order valence-electron chi connectivity index (χ2n) is 5.10. The van der Waals surface area contributed by atoms with Crippen molar-refractivity contribution in [1.29, 1.82) is 0 Å². The van der Waals surface area contributed by atoms with Crippen LogP contribution >= 0.6 is 22.9 Å². The van der Waals surface area contributed by atoms with Crippen molar-refractivity contribution in [2.24, 2.45) is 0 Å². The first-order chi connectivity index (χ1) is 12.3. The molecule has 0 saturated carbocycles. The standard InChI is InChI=1S/C16H10ClFN2O4S2/c17-10-3-1-9(2-4-10)14-8-25-16(19-14)20-26(23,24)11-5-6-13(18)12(7-11)15(21)22/h1-8H,(H,19,20)(H,21,22). The SMILES string of the molecule is O=C(O)c1cc(S(=O)(=O)Nc2nc(-c3ccc(Cl)cc3)cs2)ccc1F. The highest BCUT2D eigenvalue weighted by Crippen LogP contribution is 2.27. The zero-order valence-corrected chi connectivity index (χ0v) is 15.2. The Kier molecular flexibility index (Phi) is 4.94. The molecule has 134 valence electrons. The van der Waals surface area contributed by atoms with Crippen LogP contribution in [0.2, 0.25) is 5.02 Å². The van der Waals surface area contributed by atoms with Crippen LogP contribution in [0, 0.1) is 5.82 Å². The van der Waals surface area contributed by atoms with Gasteiger partial charge in [0.2, 0.25) is 0 Å². The maximum atomic E-state index is 13.4. The Hall–Kier alpha value is -2.49. The molecule has 0 spiro atoms. The Morgan fingerprint density at radius 3 is 2.54 bits per heavy atom. The van der Waals surface area contributed by atoms with Crippen LogP contribution in [-0.4, -0.2) is 24.5 Å². The summed E-state index contributed by atoms with van der Waals surface area (Å²) in [7, 11) is -4.11. The Balaban J connectivity index is 1.88. The number of carbonyl (C=O) groups is 1. The lowest BCUT2D eigenvalue weighted by atomic mass is 10.2. The zero-order valence-electron chi connectivity index (χ0n) is 12.8. The number of sulfonamides is 1. The van der Waals surface area contributed by atoms with Gasteiger partial charge in [0, 0.05) is 16.0 Å². The van der Waals surface area contributed by atoms with E-state index in [1.807, 2.05) is 0 Å². The Morgan fingerprint density at radius 1 is 1.19 bits per heavy atom. The van der Waals surface area contributed by atoms with E-state index in [9.17, 15) is 17.6 Å². The van der Waals surface area contributed by atoms with Crippen molar-refractivity contribution < 1.29 is 22.7 Å². The lowest BCUT2D eigenvalue weighted by Crippen LogP contribution is -2.14. The smallest absolute Gasteiger partial charge is 0.338 e. The first kappa shape index (κ1) is 18.3. The number of nitrogens with zero attached hydrogens (tertiary/aromatic N) is 1. The predicted molar refractivity (Wildman–Crippen MR) is 96.7 cm³/mol. The van der Waals surface area contributed by atoms with E-state index in [1.165, 1.54) is 0 Å². The average molecular weight is 413 g/mol. The summed E-state index contributed by atoms with van der Waals surface area (Å²) in [6.45, 7) is 0. The van der Waals surface area contributed by atoms with Crippen molar-refractivity contribution in [2.45, 2.75) is 4.90 Å². The molecule has 0 aliphatic carbocycles. The van der Waals surface area contributed by atoms with Crippen LogP contribution in [0.1, 0.15) is 10.4 Å². The van der Waals surface area contributed by atoms with Gasteiger partial charge >= 0.3 is 5.97 Å². The van der Waals surface area contributed by atoms with Gasteiger partial charge in [-0.15, -0.1) is 11.3 Å². The number of anilines is 1. The predicted octanol–water partition coefficient (Wildman–Crippen LogP) is 4.10. The molecule has 2 N–H and O–H groups in total. The summed E-state index contributed by atoms with van der Waals surface area (Å²) in [5.41, 5.74) is 0.578. The average Bonchev–Trinajstić information content (AvgIpc) is 3.03. The third-order valence-corrected chi connectivity index (χ3v) is 5.82. The van der Waals surface area contributed by atoms with E-state index in [4.69, 9.17) is 16.7 Å². The second-order valence-corrected chi connectivity index (χ2v) is 8.07. The molecule has 0 atom stereocenters. The fourth-order valence-corrected chi connectivity index (χ4v) is 4.21. The van der Waals surface area contributed by atoms with Gasteiger partial charge in [0.1, 0.15) is 5.82 Å². The number of nitrogens with one attached hydrogen (secondary N) is 1. The number of aromatic carboxylic acids is 1. The molecule has 0 unspecified atom stereocenters. The van der Waals surface area contributed by atoms with Crippen LogP contribution in [0.5, 0.6) is 0 Å². The third-order valence-electron chi connectivity index (χ3n) is 3.34. The number of hydrogen-bond acceptors (Lipinski definition) is 5. The Bertz CT molecular complexity index is 1080. The lowest BCUT2D eigenvalue weighted by molar-refractivity contribution is 0.0691. The molecule has 0 amide bonds. The summed E-state index contributed by atoms with van der Waals surface area (Å²) in [6.07, 6.45) is 0. The van der Waals surface area contributed by atoms with E-state index >= 15 is 0 Å². The second kappa shape index (κ2) is 7.02. The molecule has 0 aliphatic rings. The van der Waals surface area contributed by atoms with Crippen LogP contribution < -0.4 is 4.72 Å². The van der Waals surface area contributed by atoms with Gasteiger partial charge < -0.3 is 5.11 Å². The molecule has 1 aromatic heterocycles. The molecule has 26 heavy (non-hydrogen) atoms. The largest absolute Gasteiger partial charge is 0.478 e. The molecule has 2 aromatic carbocycles. The normalized spacial score (nSPS) is 11.3. The first-order valence-electron chi connectivity index (χ1n) is 7.03. The third kappa shape index (κ3) is 3.85. The summed E-state index contributed by atoms with van der Waals surface area (Å²) in [6, 6.07) is 9.39. The number of rotatable bonds is 5. The number of benzene rings is 2. The number of hydrogen-bond donors (Lipinski definition) is 2. The molecular formula is C16H10ClFN2O4S2. The number of carboxylic acid groups (broad SMARTS) is 1. The lowest BCUT2D eigenvalue weighted by Gasteiger charge is -2.06. The number of aromatic nitrogens is 1. The van der Waals surface area contributed by atoms with E-state index in [-0.39, 0.29) is 10.0 Å². The molecule has 10 heteroatoms. The summed E-state index contributed by atoms with van der Waals surface area (Å²) >= 11 is 6.89. The monoisotopic (exact) mass is 412 g/mol. The highest BCUT2D eigenvalue weighted by atomic mass is 35.5. The summed E-state index contributed by atoms with van der Waals surface area (Å²) < 4.78 is 40.5. The molecule has 0 radical (unpaired) electrons. The number of halogens is 2. The number of thiazole rings is 1. The van der Waals surface area contributed by atoms with Crippen molar-refractivity contribution in [3.63, 3.8) is 0 Å². The van der Waals surface area contributed by atoms with Crippen LogP contribution in [-0.2, 0) is 10.0 Å². The zero-order chi connectivity index (χ0) is 18.9. The Labute approximate surface area is 157 Å². The topological polar surface area (TPSA) is 96.4 Å². The molecule has 0 aliphatic heterocycles. The van der Waals surface area contributed by atoms with Crippen molar-refractivity contribution in [3.05, 3.63) is 64.2 Å². The Morgan fingerprint density at radius 2 is 1.88 bits per heavy atom. The van der Waals surface area contributed by atoms with Gasteiger partial charge in [-0.1, -0.05) is 23.7 Å². The van der Waals surface area contributed by atoms with Gasteiger partial charge in [-0.3, -0.25) is 4.72 Å². The van der Waals surface area contributed by atoms with Crippen molar-refractivity contribution in [1.82, 2.24) is 4.98 Å². The van der Waals surface area contributed by atoms with Gasteiger partial charge in [0.15, 0.2) is 5.13 Å². The quantitative estimate of drug-likeness (QED) is 0.657. The van der Waals surface area contributed by atoms with Crippen LogP contribution in [0.25, 0.3) is 11.3 Å². The van der Waals surface area contributed by atoms with Crippen molar-refractivity contribution >= 4 is 44.1 Å². The van der Waals surface area contributed by atoms with Gasteiger partial charge in [-0.2, -0.15) is 0 Å². The molecule has 1 heterocycles. The van der Waals surface area contributed by atoms with E-state index < -0.39 is 27.4 Å². The van der Waals surface area contributed by atoms with Crippen molar-refractivity contribution in [2.75, 3.05) is 4.72 Å². The summed E-state index contributed by atoms with van der Waals surface area (Å²) in [5, 5.41) is 11.2. The van der Waals surface area contributed by atoms with Crippen molar-refractivity contribution in [3.8, 4) is 11.3 Å². The van der Waals surface area contributed by atoms with Crippen LogP contribution in [0.15, 0.2) is 52.7 Å². The summed E-state index contributed by atoms with van der Waals surface area (Å²) in [4.78, 5) is 14.8. The minimum atomic E-state index is -4.11. The summed E-state index contributed by atoms with van der Waals surface area (Å²) in [5.74, 6) is -2.57. The molecule has 0 saturated heterocycles. The highest BCUT2D eigenvalue weighted by molar-refractivity contribution is 7.93. The van der Waals surface area contributed by atoms with Crippen LogP contribution in [0.3, 0.4) is 0 Å². The molecule has 0 bridgehead atoms. The van der Waals surface area contributed by atoms with Gasteiger partial charge in [0.05, 0.1) is 16.2 Å². The molecule has 0 fully saturated rings.